The number of nitrogens with zero attached hydrogens (tertiary/aromatic N) is 10. The van der Waals surface area contributed by atoms with Crippen molar-refractivity contribution < 1.29 is 0 Å². The lowest BCUT2D eigenvalue weighted by Crippen LogP contribution is -2.21. The molecule has 0 saturated heterocycles. The minimum atomic E-state index is 0.101. The predicted molar refractivity (Wildman–Crippen MR) is 135 cm³/mol. The minimum Gasteiger partial charge on any atom is -0.313 e. The summed E-state index contributed by atoms with van der Waals surface area (Å²) in [6.07, 6.45) is 0. The van der Waals surface area contributed by atoms with Gasteiger partial charge in [-0.15, -0.1) is 0 Å². The number of hydrogen-bond acceptors (Lipinski definition) is 10. The number of anilines is 8. The average Bonchev–Trinajstić information content (AvgIpc) is 2.85. The van der Waals surface area contributed by atoms with Crippen molar-refractivity contribution in [1.29, 1.82) is 0 Å². The lowest BCUT2D eigenvalue weighted by molar-refractivity contribution is 0.940. The molecule has 0 aliphatic carbocycles. The number of fused-ring (bicyclic) bond motifs is 8. The van der Waals surface area contributed by atoms with Gasteiger partial charge < -0.3 is 19.6 Å². The van der Waals surface area contributed by atoms with Crippen molar-refractivity contribution in [3.05, 3.63) is 59.1 Å². The Kier molecular flexibility index (Phi) is 5.54. The third-order valence-corrected chi connectivity index (χ3v) is 5.92. The van der Waals surface area contributed by atoms with Gasteiger partial charge in [0.15, 0.2) is 0 Å². The van der Waals surface area contributed by atoms with Crippen LogP contribution in [0, 0.1) is 0 Å². The smallest absolute Gasteiger partial charge is 0.235 e. The van der Waals surface area contributed by atoms with Crippen LogP contribution in [0.4, 0.5) is 46.5 Å². The highest BCUT2D eigenvalue weighted by Crippen LogP contribution is 2.33. The first-order chi connectivity index (χ1) is 16.3. The van der Waals surface area contributed by atoms with Crippen molar-refractivity contribution in [2.75, 3.05) is 47.8 Å². The fourth-order valence-electron chi connectivity index (χ4n) is 3.54. The molecule has 3 heterocycles. The van der Waals surface area contributed by atoms with E-state index in [-0.39, 0.29) is 10.6 Å². The predicted octanol–water partition coefficient (Wildman–Crippen LogP) is 4.75. The molecule has 8 bridgehead atoms. The van der Waals surface area contributed by atoms with E-state index in [0.29, 0.717) is 23.8 Å². The van der Waals surface area contributed by atoms with Crippen molar-refractivity contribution in [3.63, 3.8) is 0 Å². The lowest BCUT2D eigenvalue weighted by Gasteiger charge is -2.25. The first-order valence-electron chi connectivity index (χ1n) is 10.3. The van der Waals surface area contributed by atoms with Crippen LogP contribution < -0.4 is 19.6 Å². The first kappa shape index (κ1) is 22.1. The highest BCUT2D eigenvalue weighted by molar-refractivity contribution is 6.28. The van der Waals surface area contributed by atoms with Crippen LogP contribution in [-0.2, 0) is 0 Å². The highest BCUT2D eigenvalue weighted by Gasteiger charge is 2.19. The zero-order valence-electron chi connectivity index (χ0n) is 18.8. The second-order valence-electron chi connectivity index (χ2n) is 7.68. The first-order valence-corrected chi connectivity index (χ1v) is 11.0. The Hall–Kier alpha value is -3.76. The summed E-state index contributed by atoms with van der Waals surface area (Å²) >= 11 is 12.6. The van der Waals surface area contributed by atoms with Crippen molar-refractivity contribution in [2.24, 2.45) is 0 Å². The van der Waals surface area contributed by atoms with E-state index in [4.69, 9.17) is 23.2 Å². The van der Waals surface area contributed by atoms with Gasteiger partial charge in [0, 0.05) is 50.9 Å². The molecular weight excluding hydrogens is 475 g/mol. The monoisotopic (exact) mass is 494 g/mol. The highest BCUT2D eigenvalue weighted by atomic mass is 35.5. The van der Waals surface area contributed by atoms with Crippen LogP contribution in [0.2, 0.25) is 10.6 Å². The normalized spacial score (nSPS) is 13.4. The van der Waals surface area contributed by atoms with Crippen LogP contribution in [-0.4, -0.2) is 58.1 Å². The van der Waals surface area contributed by atoms with Gasteiger partial charge in [-0.25, -0.2) is 0 Å². The summed E-state index contributed by atoms with van der Waals surface area (Å²) < 4.78 is 0. The summed E-state index contributed by atoms with van der Waals surface area (Å²) in [6.45, 7) is 0. The second-order valence-corrected chi connectivity index (χ2v) is 8.36. The molecule has 2 aromatic heterocycles. The second kappa shape index (κ2) is 8.54. The van der Waals surface area contributed by atoms with Crippen LogP contribution in [0.1, 0.15) is 0 Å². The Morgan fingerprint density at radius 3 is 1.00 bits per heavy atom. The quantitative estimate of drug-likeness (QED) is 0.341. The molecule has 1 aliphatic heterocycles. The van der Waals surface area contributed by atoms with Crippen LogP contribution in [0.5, 0.6) is 0 Å². The van der Waals surface area contributed by atoms with Crippen LogP contribution >= 0.6 is 23.2 Å². The lowest BCUT2D eigenvalue weighted by atomic mass is 10.2. The fraction of sp³-hybridized carbons (Fsp3) is 0.182. The fourth-order valence-corrected chi connectivity index (χ4v) is 3.84. The number of benzene rings is 2. The molecule has 172 valence electrons. The van der Waals surface area contributed by atoms with Gasteiger partial charge in [0.1, 0.15) is 0 Å². The number of rotatable bonds is 0. The standard InChI is InChI=1S/C22H20Cl2N10/c1-31-13-7-5-8-14(11-13)32(2)21-27-18(24)28-22(30-21)34(4)16-10-6-9-15(12-16)33(3)20-26-17(23)25-19(31)29-20/h5-12H,1-4H3. The molecule has 34 heavy (non-hydrogen) atoms. The topological polar surface area (TPSA) is 90.3 Å². The molecule has 0 N–H and O–H groups in total. The molecule has 10 nitrogen and oxygen atoms in total. The van der Waals surface area contributed by atoms with E-state index in [1.165, 1.54) is 0 Å². The third-order valence-electron chi connectivity index (χ3n) is 5.58. The van der Waals surface area contributed by atoms with E-state index < -0.39 is 0 Å². The van der Waals surface area contributed by atoms with Crippen molar-refractivity contribution in [2.45, 2.75) is 0 Å². The Morgan fingerprint density at radius 2 is 0.735 bits per heavy atom. The molecule has 1 aliphatic rings. The van der Waals surface area contributed by atoms with Gasteiger partial charge >= 0.3 is 0 Å². The Labute approximate surface area is 206 Å². The minimum absolute atomic E-state index is 0.101. The molecular formula is C22H20Cl2N10. The zero-order chi connectivity index (χ0) is 24.0. The van der Waals surface area contributed by atoms with Gasteiger partial charge in [0.05, 0.1) is 0 Å². The maximum Gasteiger partial charge on any atom is 0.235 e. The summed E-state index contributed by atoms with van der Waals surface area (Å²) in [6, 6.07) is 15.6. The van der Waals surface area contributed by atoms with Gasteiger partial charge in [-0.1, -0.05) is 12.1 Å². The van der Waals surface area contributed by atoms with Crippen molar-refractivity contribution >= 4 is 69.7 Å². The average molecular weight is 495 g/mol. The summed E-state index contributed by atoms with van der Waals surface area (Å²) in [5, 5.41) is 0.201. The molecule has 2 aromatic carbocycles. The Bertz CT molecular complexity index is 1190. The van der Waals surface area contributed by atoms with Gasteiger partial charge in [0.25, 0.3) is 0 Å². The van der Waals surface area contributed by atoms with Gasteiger partial charge in [-0.05, 0) is 59.6 Å². The van der Waals surface area contributed by atoms with E-state index in [1.54, 1.807) is 0 Å². The number of halogens is 2. The van der Waals surface area contributed by atoms with Crippen LogP contribution in [0.15, 0.2) is 48.5 Å². The molecule has 0 atom stereocenters. The molecule has 0 amide bonds. The maximum atomic E-state index is 6.30. The molecule has 0 saturated carbocycles. The van der Waals surface area contributed by atoms with E-state index in [1.807, 2.05) is 96.3 Å². The van der Waals surface area contributed by atoms with Gasteiger partial charge in [-0.2, -0.15) is 29.9 Å². The SMILES string of the molecule is CN1c2cccc(c2)N(C)c2nc(Cl)nc(n2)N(C)c2cccc(c2)N(C)c2nc(Cl)nc1n2. The number of hydrogen-bond donors (Lipinski definition) is 0. The van der Waals surface area contributed by atoms with Crippen LogP contribution in [0.25, 0.3) is 0 Å². The summed E-state index contributed by atoms with van der Waals surface area (Å²) in [7, 11) is 7.46. The number of aromatic nitrogens is 6. The summed E-state index contributed by atoms with van der Waals surface area (Å²) in [5.41, 5.74) is 3.36. The van der Waals surface area contributed by atoms with E-state index in [9.17, 15) is 0 Å². The van der Waals surface area contributed by atoms with Crippen molar-refractivity contribution in [3.8, 4) is 0 Å². The Balaban J connectivity index is 1.75. The summed E-state index contributed by atoms with van der Waals surface area (Å²) in [5.74, 6) is 1.64. The van der Waals surface area contributed by atoms with E-state index >= 15 is 0 Å². The molecule has 12 heteroatoms. The van der Waals surface area contributed by atoms with Gasteiger partial charge in [0.2, 0.25) is 34.4 Å². The molecule has 0 unspecified atom stereocenters. The molecule has 0 spiro atoms. The summed E-state index contributed by atoms with van der Waals surface area (Å²) in [4.78, 5) is 34.0. The molecule has 5 rings (SSSR count). The molecule has 0 fully saturated rings. The van der Waals surface area contributed by atoms with Gasteiger partial charge in [-0.3, -0.25) is 0 Å². The molecule has 4 aromatic rings. The van der Waals surface area contributed by atoms with E-state index in [0.717, 1.165) is 22.7 Å². The zero-order valence-corrected chi connectivity index (χ0v) is 20.4. The maximum absolute atomic E-state index is 6.30. The molecule has 0 radical (unpaired) electrons. The largest absolute Gasteiger partial charge is 0.313 e. The van der Waals surface area contributed by atoms with Crippen molar-refractivity contribution in [1.82, 2.24) is 29.9 Å². The Morgan fingerprint density at radius 1 is 0.471 bits per heavy atom. The van der Waals surface area contributed by atoms with E-state index in [2.05, 4.69) is 29.9 Å². The third kappa shape index (κ3) is 4.02. The van der Waals surface area contributed by atoms with Crippen LogP contribution in [0.3, 0.4) is 0 Å².